The SMILES string of the molecule is CC(C)Oc1ccc(/C=C2\SC(=O)N(CC(=O)Nc3ccc(Cl)cc3)C2=O)cc1Br. The minimum absolute atomic E-state index is 0.0302. The Labute approximate surface area is 191 Å². The Morgan fingerprint density at radius 2 is 1.93 bits per heavy atom. The molecule has 2 aromatic carbocycles. The maximum Gasteiger partial charge on any atom is 0.294 e. The van der Waals surface area contributed by atoms with Gasteiger partial charge in [0.25, 0.3) is 11.1 Å². The molecule has 156 valence electrons. The lowest BCUT2D eigenvalue weighted by Gasteiger charge is -2.12. The number of nitrogens with zero attached hydrogens (tertiary/aromatic N) is 1. The monoisotopic (exact) mass is 508 g/mol. The van der Waals surface area contributed by atoms with Gasteiger partial charge in [-0.25, -0.2) is 0 Å². The smallest absolute Gasteiger partial charge is 0.294 e. The molecule has 3 amide bonds. The second-order valence-electron chi connectivity index (χ2n) is 6.68. The number of rotatable bonds is 6. The number of thioether (sulfide) groups is 1. The molecular formula is C21H18BrClN2O4S. The van der Waals surface area contributed by atoms with Gasteiger partial charge in [0.2, 0.25) is 5.91 Å². The fourth-order valence-electron chi connectivity index (χ4n) is 2.62. The van der Waals surface area contributed by atoms with Crippen molar-refractivity contribution in [3.63, 3.8) is 0 Å². The molecule has 0 bridgehead atoms. The van der Waals surface area contributed by atoms with E-state index in [4.69, 9.17) is 16.3 Å². The second-order valence-corrected chi connectivity index (χ2v) is 8.96. The van der Waals surface area contributed by atoms with Gasteiger partial charge in [-0.05, 0) is 89.6 Å². The van der Waals surface area contributed by atoms with Gasteiger partial charge in [-0.1, -0.05) is 17.7 Å². The summed E-state index contributed by atoms with van der Waals surface area (Å²) in [6.45, 7) is 3.49. The summed E-state index contributed by atoms with van der Waals surface area (Å²) in [6.07, 6.45) is 1.65. The summed E-state index contributed by atoms with van der Waals surface area (Å²) >= 11 is 10.1. The number of carbonyl (C=O) groups is 3. The summed E-state index contributed by atoms with van der Waals surface area (Å²) < 4.78 is 6.41. The zero-order valence-electron chi connectivity index (χ0n) is 16.1. The molecule has 0 spiro atoms. The van der Waals surface area contributed by atoms with Crippen molar-refractivity contribution in [1.29, 1.82) is 0 Å². The number of benzene rings is 2. The van der Waals surface area contributed by atoms with Crippen molar-refractivity contribution in [3.05, 3.63) is 62.4 Å². The predicted molar refractivity (Wildman–Crippen MR) is 123 cm³/mol. The third-order valence-corrected chi connectivity index (χ3v) is 5.70. The zero-order chi connectivity index (χ0) is 21.8. The third-order valence-electron chi connectivity index (χ3n) is 3.92. The van der Waals surface area contributed by atoms with Gasteiger partial charge in [0.15, 0.2) is 0 Å². The van der Waals surface area contributed by atoms with Crippen LogP contribution in [0.15, 0.2) is 51.8 Å². The molecule has 0 unspecified atom stereocenters. The first-order valence-electron chi connectivity index (χ1n) is 9.00. The van der Waals surface area contributed by atoms with Crippen molar-refractivity contribution in [3.8, 4) is 5.75 Å². The largest absolute Gasteiger partial charge is 0.490 e. The van der Waals surface area contributed by atoms with E-state index in [0.29, 0.717) is 16.5 Å². The van der Waals surface area contributed by atoms with Crippen molar-refractivity contribution in [2.24, 2.45) is 0 Å². The topological polar surface area (TPSA) is 75.7 Å². The van der Waals surface area contributed by atoms with Crippen LogP contribution in [-0.2, 0) is 9.59 Å². The first kappa shape index (κ1) is 22.4. The van der Waals surface area contributed by atoms with Crippen LogP contribution in [0, 0.1) is 0 Å². The molecule has 1 N–H and O–H groups in total. The molecule has 1 saturated heterocycles. The Morgan fingerprint density at radius 3 is 2.57 bits per heavy atom. The lowest BCUT2D eigenvalue weighted by atomic mass is 10.2. The Kier molecular flexibility index (Phi) is 7.23. The van der Waals surface area contributed by atoms with Crippen LogP contribution >= 0.6 is 39.3 Å². The van der Waals surface area contributed by atoms with E-state index in [-0.39, 0.29) is 17.6 Å². The van der Waals surface area contributed by atoms with Crippen LogP contribution in [0.25, 0.3) is 6.08 Å². The van der Waals surface area contributed by atoms with E-state index in [9.17, 15) is 14.4 Å². The van der Waals surface area contributed by atoms with E-state index in [2.05, 4.69) is 21.2 Å². The van der Waals surface area contributed by atoms with Gasteiger partial charge in [0.1, 0.15) is 12.3 Å². The number of ether oxygens (including phenoxy) is 1. The van der Waals surface area contributed by atoms with Crippen molar-refractivity contribution in [2.45, 2.75) is 20.0 Å². The fourth-order valence-corrected chi connectivity index (χ4v) is 4.08. The Morgan fingerprint density at radius 1 is 1.23 bits per heavy atom. The molecule has 9 heteroatoms. The number of amides is 3. The van der Waals surface area contributed by atoms with Gasteiger partial charge in [0.05, 0.1) is 15.5 Å². The van der Waals surface area contributed by atoms with Crippen molar-refractivity contribution in [1.82, 2.24) is 4.90 Å². The predicted octanol–water partition coefficient (Wildman–Crippen LogP) is 5.56. The first-order valence-corrected chi connectivity index (χ1v) is 11.0. The third kappa shape index (κ3) is 5.65. The molecule has 0 aliphatic carbocycles. The highest BCUT2D eigenvalue weighted by atomic mass is 79.9. The van der Waals surface area contributed by atoms with Crippen LogP contribution in [0.3, 0.4) is 0 Å². The number of imide groups is 1. The summed E-state index contributed by atoms with van der Waals surface area (Å²) in [5, 5.41) is 2.69. The fraction of sp³-hybridized carbons (Fsp3) is 0.190. The Hall–Kier alpha value is -2.29. The average molecular weight is 510 g/mol. The summed E-state index contributed by atoms with van der Waals surface area (Å²) in [5.74, 6) is -0.289. The van der Waals surface area contributed by atoms with Crippen LogP contribution < -0.4 is 10.1 Å². The zero-order valence-corrected chi connectivity index (χ0v) is 19.3. The number of hydrogen-bond donors (Lipinski definition) is 1. The van der Waals surface area contributed by atoms with E-state index in [1.54, 1.807) is 48.5 Å². The molecule has 0 radical (unpaired) electrons. The van der Waals surface area contributed by atoms with E-state index >= 15 is 0 Å². The molecular weight excluding hydrogens is 492 g/mol. The molecule has 2 aromatic rings. The molecule has 6 nitrogen and oxygen atoms in total. The minimum atomic E-state index is -0.505. The van der Waals surface area contributed by atoms with Gasteiger partial charge in [0, 0.05) is 10.7 Å². The lowest BCUT2D eigenvalue weighted by Crippen LogP contribution is -2.36. The first-order chi connectivity index (χ1) is 14.2. The molecule has 30 heavy (non-hydrogen) atoms. The van der Waals surface area contributed by atoms with Crippen LogP contribution in [0.4, 0.5) is 10.5 Å². The van der Waals surface area contributed by atoms with Gasteiger partial charge >= 0.3 is 0 Å². The quantitative estimate of drug-likeness (QED) is 0.516. The number of carbonyl (C=O) groups excluding carboxylic acids is 3. The number of anilines is 1. The lowest BCUT2D eigenvalue weighted by molar-refractivity contribution is -0.127. The highest BCUT2D eigenvalue weighted by molar-refractivity contribution is 9.10. The number of nitrogens with one attached hydrogen (secondary N) is 1. The molecule has 1 fully saturated rings. The van der Waals surface area contributed by atoms with Crippen LogP contribution in [0.2, 0.25) is 5.02 Å². The summed E-state index contributed by atoms with van der Waals surface area (Å²) in [7, 11) is 0. The molecule has 1 aliphatic rings. The van der Waals surface area contributed by atoms with Crippen LogP contribution in [0.1, 0.15) is 19.4 Å². The minimum Gasteiger partial charge on any atom is -0.490 e. The Balaban J connectivity index is 1.68. The van der Waals surface area contributed by atoms with Gasteiger partial charge < -0.3 is 10.1 Å². The second kappa shape index (κ2) is 9.68. The molecule has 1 aliphatic heterocycles. The van der Waals surface area contributed by atoms with Crippen molar-refractivity contribution < 1.29 is 19.1 Å². The van der Waals surface area contributed by atoms with Gasteiger partial charge in [-0.3, -0.25) is 19.3 Å². The normalized spacial score (nSPS) is 15.2. The van der Waals surface area contributed by atoms with Crippen molar-refractivity contribution in [2.75, 3.05) is 11.9 Å². The molecule has 3 rings (SSSR count). The maximum absolute atomic E-state index is 12.6. The highest BCUT2D eigenvalue weighted by Gasteiger charge is 2.36. The number of halogens is 2. The maximum atomic E-state index is 12.6. The van der Waals surface area contributed by atoms with Crippen LogP contribution in [0.5, 0.6) is 5.75 Å². The standard InChI is InChI=1S/C21H18BrClN2O4S/c1-12(2)29-17-8-3-13(9-16(17)22)10-18-20(27)25(21(28)30-18)11-19(26)24-15-6-4-14(23)5-7-15/h3-10,12H,11H2,1-2H3,(H,24,26)/b18-10-. The summed E-state index contributed by atoms with van der Waals surface area (Å²) in [6, 6.07) is 11.9. The van der Waals surface area contributed by atoms with Crippen molar-refractivity contribution >= 4 is 68.1 Å². The summed E-state index contributed by atoms with van der Waals surface area (Å²) in [4.78, 5) is 38.3. The van der Waals surface area contributed by atoms with Crippen LogP contribution in [-0.4, -0.2) is 34.6 Å². The van der Waals surface area contributed by atoms with E-state index < -0.39 is 17.1 Å². The molecule has 0 saturated carbocycles. The molecule has 0 atom stereocenters. The van der Waals surface area contributed by atoms with Gasteiger partial charge in [-0.15, -0.1) is 0 Å². The van der Waals surface area contributed by atoms with Gasteiger partial charge in [-0.2, -0.15) is 0 Å². The molecule has 1 heterocycles. The van der Waals surface area contributed by atoms with E-state index in [1.807, 2.05) is 13.8 Å². The highest BCUT2D eigenvalue weighted by Crippen LogP contribution is 2.34. The van der Waals surface area contributed by atoms with E-state index in [1.165, 1.54) is 0 Å². The summed E-state index contributed by atoms with van der Waals surface area (Å²) in [5.41, 5.74) is 1.26. The Bertz CT molecular complexity index is 1020. The average Bonchev–Trinajstić information content (AvgIpc) is 2.93. The number of hydrogen-bond acceptors (Lipinski definition) is 5. The van der Waals surface area contributed by atoms with E-state index in [0.717, 1.165) is 26.7 Å². The molecule has 0 aromatic heterocycles.